The Balaban J connectivity index is 1.34. The van der Waals surface area contributed by atoms with Gasteiger partial charge < -0.3 is 16.8 Å². The minimum atomic E-state index is -0.754. The number of nitrogens with zero attached hydrogens (tertiary/aromatic N) is 3. The maximum absolute atomic E-state index is 12.6. The number of primary amides is 1. The van der Waals surface area contributed by atoms with Crippen LogP contribution in [0.5, 0.6) is 0 Å². The molecule has 1 atom stereocenters. The number of aromatic nitrogens is 3. The van der Waals surface area contributed by atoms with Crippen molar-refractivity contribution in [1.82, 2.24) is 20.1 Å². The molecule has 4 aromatic rings. The van der Waals surface area contributed by atoms with Gasteiger partial charge in [0, 0.05) is 36.5 Å². The Morgan fingerprint density at radius 2 is 1.68 bits per heavy atom. The Labute approximate surface area is 242 Å². The number of nitrogens with one attached hydrogen (secondary N) is 1. The van der Waals surface area contributed by atoms with E-state index in [1.807, 2.05) is 35.0 Å². The average Bonchev–Trinajstić information content (AvgIpc) is 3.38. The Kier molecular flexibility index (Phi) is 9.55. The van der Waals surface area contributed by atoms with E-state index in [2.05, 4.69) is 61.5 Å². The maximum atomic E-state index is 12.6. The minimum absolute atomic E-state index is 0.0848. The van der Waals surface area contributed by atoms with Gasteiger partial charge in [-0.1, -0.05) is 57.5 Å². The van der Waals surface area contributed by atoms with E-state index in [-0.39, 0.29) is 11.3 Å². The molecule has 2 amide bonds. The quantitative estimate of drug-likeness (QED) is 0.166. The number of nitrogen functional groups attached to an aromatic ring is 1. The molecule has 0 fully saturated rings. The highest BCUT2D eigenvalue weighted by atomic mass is 16.2. The van der Waals surface area contributed by atoms with Crippen molar-refractivity contribution in [2.45, 2.75) is 70.8 Å². The van der Waals surface area contributed by atoms with Crippen LogP contribution in [0.25, 0.3) is 17.1 Å². The molecule has 5 N–H and O–H groups in total. The van der Waals surface area contributed by atoms with Crippen molar-refractivity contribution in [3.8, 4) is 17.1 Å². The maximum Gasteiger partial charge on any atom is 0.240 e. The van der Waals surface area contributed by atoms with Crippen molar-refractivity contribution >= 4 is 17.5 Å². The van der Waals surface area contributed by atoms with Crippen LogP contribution in [0.2, 0.25) is 0 Å². The molecule has 0 aliphatic heterocycles. The number of unbranched alkanes of at least 4 members (excludes halogenated alkanes) is 2. The summed E-state index contributed by atoms with van der Waals surface area (Å²) in [7, 11) is 0. The molecule has 41 heavy (non-hydrogen) atoms. The number of rotatable bonds is 12. The smallest absolute Gasteiger partial charge is 0.240 e. The molecule has 8 nitrogen and oxygen atoms in total. The molecule has 0 aliphatic rings. The highest BCUT2D eigenvalue weighted by Crippen LogP contribution is 2.26. The highest BCUT2D eigenvalue weighted by molar-refractivity contribution is 5.86. The van der Waals surface area contributed by atoms with Crippen LogP contribution in [0.1, 0.15) is 63.1 Å². The van der Waals surface area contributed by atoms with E-state index in [9.17, 15) is 9.59 Å². The van der Waals surface area contributed by atoms with Gasteiger partial charge in [-0.3, -0.25) is 14.6 Å². The number of carbonyl (C=O) groups excluding carboxylic acids is 2. The first-order valence-corrected chi connectivity index (χ1v) is 14.1. The number of aryl methyl sites for hydroxylation is 1. The van der Waals surface area contributed by atoms with Gasteiger partial charge in [-0.05, 0) is 72.2 Å². The van der Waals surface area contributed by atoms with Crippen molar-refractivity contribution in [3.63, 3.8) is 0 Å². The molecule has 0 saturated heterocycles. The lowest BCUT2D eigenvalue weighted by atomic mass is 9.87. The summed E-state index contributed by atoms with van der Waals surface area (Å²) in [6.45, 7) is 6.61. The second-order valence-electron chi connectivity index (χ2n) is 11.5. The molecule has 0 saturated carbocycles. The molecule has 0 aliphatic carbocycles. The van der Waals surface area contributed by atoms with Gasteiger partial charge in [0.05, 0.1) is 11.4 Å². The van der Waals surface area contributed by atoms with E-state index in [1.54, 1.807) is 18.3 Å². The second kappa shape index (κ2) is 13.3. The summed E-state index contributed by atoms with van der Waals surface area (Å²) in [5, 5.41) is 7.68. The minimum Gasteiger partial charge on any atom is -0.399 e. The molecule has 2 aromatic carbocycles. The number of pyridine rings is 1. The van der Waals surface area contributed by atoms with E-state index in [0.29, 0.717) is 24.9 Å². The normalized spacial score (nSPS) is 12.2. The van der Waals surface area contributed by atoms with Gasteiger partial charge in [-0.2, -0.15) is 5.10 Å². The molecular weight excluding hydrogens is 512 g/mol. The van der Waals surface area contributed by atoms with E-state index in [0.717, 1.165) is 47.5 Å². The summed E-state index contributed by atoms with van der Waals surface area (Å²) in [5.74, 6) is -0.729. The molecule has 214 valence electrons. The zero-order valence-corrected chi connectivity index (χ0v) is 24.1. The third-order valence-electron chi connectivity index (χ3n) is 7.14. The van der Waals surface area contributed by atoms with Crippen LogP contribution in [-0.2, 0) is 27.8 Å². The van der Waals surface area contributed by atoms with E-state index in [1.165, 1.54) is 5.56 Å². The Morgan fingerprint density at radius 3 is 2.32 bits per heavy atom. The summed E-state index contributed by atoms with van der Waals surface area (Å²) < 4.78 is 1.92. The third kappa shape index (κ3) is 8.27. The fourth-order valence-corrected chi connectivity index (χ4v) is 4.71. The van der Waals surface area contributed by atoms with Crippen molar-refractivity contribution in [1.29, 1.82) is 0 Å². The van der Waals surface area contributed by atoms with Crippen LogP contribution < -0.4 is 16.8 Å². The fraction of sp³-hybridized carbons (Fsp3) is 0.333. The molecule has 0 bridgehead atoms. The lowest BCUT2D eigenvalue weighted by Gasteiger charge is -2.19. The highest BCUT2D eigenvalue weighted by Gasteiger charge is 2.19. The summed E-state index contributed by atoms with van der Waals surface area (Å²) in [5.41, 5.74) is 18.0. The molecule has 2 heterocycles. The number of hydrogen-bond donors (Lipinski definition) is 3. The molecular formula is C33H40N6O2. The number of amides is 2. The molecule has 0 radical (unpaired) electrons. The summed E-state index contributed by atoms with van der Waals surface area (Å²) >= 11 is 0. The van der Waals surface area contributed by atoms with Gasteiger partial charge in [-0.25, -0.2) is 4.68 Å². The molecule has 4 rings (SSSR count). The van der Waals surface area contributed by atoms with Crippen molar-refractivity contribution < 1.29 is 9.59 Å². The monoisotopic (exact) mass is 552 g/mol. The van der Waals surface area contributed by atoms with Gasteiger partial charge >= 0.3 is 0 Å². The number of carbonyl (C=O) groups is 2. The van der Waals surface area contributed by atoms with Crippen LogP contribution >= 0.6 is 0 Å². The average molecular weight is 553 g/mol. The van der Waals surface area contributed by atoms with Crippen molar-refractivity contribution in [2.24, 2.45) is 5.73 Å². The van der Waals surface area contributed by atoms with Crippen LogP contribution in [0.4, 0.5) is 5.69 Å². The Morgan fingerprint density at radius 1 is 0.951 bits per heavy atom. The second-order valence-corrected chi connectivity index (χ2v) is 11.5. The van der Waals surface area contributed by atoms with Gasteiger partial charge in [-0.15, -0.1) is 0 Å². The van der Waals surface area contributed by atoms with Crippen molar-refractivity contribution in [3.05, 3.63) is 95.8 Å². The third-order valence-corrected chi connectivity index (χ3v) is 7.14. The van der Waals surface area contributed by atoms with E-state index < -0.39 is 11.9 Å². The lowest BCUT2D eigenvalue weighted by molar-refractivity contribution is -0.127. The molecule has 8 heteroatoms. The predicted molar refractivity (Wildman–Crippen MR) is 163 cm³/mol. The zero-order valence-electron chi connectivity index (χ0n) is 24.1. The number of benzene rings is 2. The van der Waals surface area contributed by atoms with Crippen molar-refractivity contribution in [2.75, 3.05) is 5.73 Å². The lowest BCUT2D eigenvalue weighted by Crippen LogP contribution is -2.45. The molecule has 0 spiro atoms. The van der Waals surface area contributed by atoms with E-state index >= 15 is 0 Å². The first-order chi connectivity index (χ1) is 19.6. The fourth-order valence-electron chi connectivity index (χ4n) is 4.71. The Bertz CT molecular complexity index is 1440. The van der Waals surface area contributed by atoms with Crippen LogP contribution in [-0.4, -0.2) is 32.6 Å². The summed E-state index contributed by atoms with van der Waals surface area (Å²) in [6, 6.07) is 20.8. The first-order valence-electron chi connectivity index (χ1n) is 14.1. The summed E-state index contributed by atoms with van der Waals surface area (Å²) in [6.07, 6.45) is 7.80. The first kappa shape index (κ1) is 29.5. The van der Waals surface area contributed by atoms with Crippen LogP contribution in [0.3, 0.4) is 0 Å². The zero-order chi connectivity index (χ0) is 29.4. The van der Waals surface area contributed by atoms with Gasteiger partial charge in [0.2, 0.25) is 11.8 Å². The molecule has 2 aromatic heterocycles. The molecule has 0 unspecified atom stereocenters. The SMILES string of the molecule is CC(C)(C)c1ccc(-n2cc(CCCCCC(=O)N[C@@H](Cc3ccc(N)cc3)C(N)=O)c(-c3ccccn3)n2)cc1. The summed E-state index contributed by atoms with van der Waals surface area (Å²) in [4.78, 5) is 29.0. The Hall–Kier alpha value is -4.46. The predicted octanol–water partition coefficient (Wildman–Crippen LogP) is 5.13. The van der Waals surface area contributed by atoms with Gasteiger partial charge in [0.25, 0.3) is 0 Å². The van der Waals surface area contributed by atoms with Crippen LogP contribution in [0.15, 0.2) is 79.1 Å². The number of hydrogen-bond acceptors (Lipinski definition) is 5. The number of nitrogens with two attached hydrogens (primary N) is 2. The van der Waals surface area contributed by atoms with Crippen LogP contribution in [0, 0.1) is 0 Å². The largest absolute Gasteiger partial charge is 0.399 e. The topological polar surface area (TPSA) is 129 Å². The van der Waals surface area contributed by atoms with Gasteiger partial charge in [0.1, 0.15) is 11.7 Å². The van der Waals surface area contributed by atoms with Gasteiger partial charge in [0.15, 0.2) is 0 Å². The van der Waals surface area contributed by atoms with E-state index in [4.69, 9.17) is 16.6 Å². The number of anilines is 1. The standard InChI is InChI=1S/C33H40N6O2/c1-33(2,3)25-14-18-27(19-15-25)39-22-24(31(38-39)28-10-7-8-20-36-28)9-5-4-6-11-30(40)37-29(32(35)41)21-23-12-16-26(34)17-13-23/h7-8,10,12-20,22,29H,4-6,9,11,21,34H2,1-3H3,(H2,35,41)(H,37,40)/t29-/m0/s1.